The van der Waals surface area contributed by atoms with Gasteiger partial charge < -0.3 is 14.2 Å². The Kier molecular flexibility index (Phi) is 5.11. The summed E-state index contributed by atoms with van der Waals surface area (Å²) in [6.45, 7) is 7.46. The maximum Gasteiger partial charge on any atom is 0.309 e. The van der Waals surface area contributed by atoms with Gasteiger partial charge in [-0.3, -0.25) is 9.69 Å². The Morgan fingerprint density at radius 1 is 1.21 bits per heavy atom. The van der Waals surface area contributed by atoms with E-state index in [-0.39, 0.29) is 30.0 Å². The molecule has 2 saturated heterocycles. The van der Waals surface area contributed by atoms with Gasteiger partial charge in [0, 0.05) is 25.6 Å². The second-order valence-electron chi connectivity index (χ2n) is 8.06. The van der Waals surface area contributed by atoms with Crippen LogP contribution in [0.5, 0.6) is 0 Å². The zero-order valence-electron chi connectivity index (χ0n) is 14.8. The fourth-order valence-corrected chi connectivity index (χ4v) is 5.53. The van der Waals surface area contributed by atoms with Gasteiger partial charge in [-0.25, -0.2) is 0 Å². The zero-order chi connectivity index (χ0) is 16.5. The van der Waals surface area contributed by atoms with Crippen LogP contribution >= 0.6 is 0 Å². The van der Waals surface area contributed by atoms with Crippen molar-refractivity contribution in [3.8, 4) is 0 Å². The van der Waals surface area contributed by atoms with E-state index in [1.54, 1.807) is 0 Å². The Morgan fingerprint density at radius 3 is 2.83 bits per heavy atom. The van der Waals surface area contributed by atoms with Crippen LogP contribution in [0.25, 0.3) is 0 Å². The molecule has 4 rings (SSSR count). The third-order valence-corrected chi connectivity index (χ3v) is 6.76. The second kappa shape index (κ2) is 7.30. The quantitative estimate of drug-likeness (QED) is 0.735. The number of nitrogens with zero attached hydrogens (tertiary/aromatic N) is 1. The van der Waals surface area contributed by atoms with Crippen molar-refractivity contribution >= 4 is 5.97 Å². The van der Waals surface area contributed by atoms with Gasteiger partial charge in [0.05, 0.1) is 31.8 Å². The Hall–Kier alpha value is -0.650. The molecule has 0 aromatic carbocycles. The Bertz CT molecular complexity index is 451. The van der Waals surface area contributed by atoms with E-state index in [0.717, 1.165) is 45.9 Å². The van der Waals surface area contributed by atoms with Crippen LogP contribution in [0.2, 0.25) is 0 Å². The predicted molar refractivity (Wildman–Crippen MR) is 89.6 cm³/mol. The maximum atomic E-state index is 12.3. The number of morpholine rings is 1. The highest BCUT2D eigenvalue weighted by atomic mass is 16.6. The second-order valence-corrected chi connectivity index (χ2v) is 8.06. The van der Waals surface area contributed by atoms with E-state index < -0.39 is 0 Å². The number of esters is 1. The molecule has 0 amide bonds. The summed E-state index contributed by atoms with van der Waals surface area (Å²) in [5.41, 5.74) is 0. The van der Waals surface area contributed by atoms with E-state index in [0.29, 0.717) is 11.8 Å². The van der Waals surface area contributed by atoms with E-state index in [1.165, 1.54) is 25.7 Å². The minimum Gasteiger partial charge on any atom is -0.462 e. The number of cyclic esters (lactones) is 1. The molecular formula is C19H31NO4. The van der Waals surface area contributed by atoms with E-state index in [9.17, 15) is 4.79 Å². The molecule has 24 heavy (non-hydrogen) atoms. The highest BCUT2D eigenvalue weighted by Gasteiger charge is 2.55. The highest BCUT2D eigenvalue weighted by molar-refractivity contribution is 5.75. The topological polar surface area (TPSA) is 48.0 Å². The lowest BCUT2D eigenvalue weighted by molar-refractivity contribution is -0.145. The first-order chi connectivity index (χ1) is 11.7. The molecule has 2 heterocycles. The molecule has 0 spiro atoms. The third kappa shape index (κ3) is 3.23. The maximum absolute atomic E-state index is 12.3. The molecule has 0 aromatic heterocycles. The molecule has 4 aliphatic rings. The molecule has 0 radical (unpaired) electrons. The minimum atomic E-state index is 0.0127. The summed E-state index contributed by atoms with van der Waals surface area (Å²) in [4.78, 5) is 14.7. The molecule has 6 atom stereocenters. The van der Waals surface area contributed by atoms with Crippen LogP contribution in [0.4, 0.5) is 0 Å². The lowest BCUT2D eigenvalue weighted by Crippen LogP contribution is -2.49. The third-order valence-electron chi connectivity index (χ3n) is 6.76. The fraction of sp³-hybridized carbons (Fsp3) is 0.947. The van der Waals surface area contributed by atoms with Gasteiger partial charge in [-0.2, -0.15) is 0 Å². The Morgan fingerprint density at radius 2 is 2.00 bits per heavy atom. The number of hydrogen-bond donors (Lipinski definition) is 0. The normalized spacial score (nSPS) is 43.1. The van der Waals surface area contributed by atoms with Gasteiger partial charge in [0.2, 0.25) is 0 Å². The summed E-state index contributed by atoms with van der Waals surface area (Å²) in [6, 6.07) is 0. The average Bonchev–Trinajstić information content (AvgIpc) is 2.89. The van der Waals surface area contributed by atoms with Gasteiger partial charge in [-0.15, -0.1) is 0 Å². The van der Waals surface area contributed by atoms with Gasteiger partial charge in [-0.05, 0) is 31.6 Å². The van der Waals surface area contributed by atoms with Crippen molar-refractivity contribution in [1.29, 1.82) is 0 Å². The summed E-state index contributed by atoms with van der Waals surface area (Å²) in [5, 5.41) is 0. The Balaban J connectivity index is 1.41. The number of carbonyl (C=O) groups is 1. The number of hydrogen-bond acceptors (Lipinski definition) is 5. The van der Waals surface area contributed by atoms with Gasteiger partial charge >= 0.3 is 5.97 Å². The number of ether oxygens (including phenoxy) is 3. The molecule has 0 bridgehead atoms. The molecule has 5 nitrogen and oxygen atoms in total. The van der Waals surface area contributed by atoms with Gasteiger partial charge in [-0.1, -0.05) is 19.3 Å². The molecule has 5 heteroatoms. The molecule has 0 aromatic rings. The average molecular weight is 337 g/mol. The van der Waals surface area contributed by atoms with Gasteiger partial charge in [0.1, 0.15) is 6.10 Å². The van der Waals surface area contributed by atoms with Crippen LogP contribution in [0, 0.1) is 23.7 Å². The van der Waals surface area contributed by atoms with Crippen LogP contribution < -0.4 is 0 Å². The number of carbonyl (C=O) groups excluding carboxylic acids is 1. The van der Waals surface area contributed by atoms with Crippen molar-refractivity contribution in [3.05, 3.63) is 0 Å². The monoisotopic (exact) mass is 337 g/mol. The smallest absolute Gasteiger partial charge is 0.309 e. The van der Waals surface area contributed by atoms with Crippen molar-refractivity contribution in [3.63, 3.8) is 0 Å². The molecule has 6 unspecified atom stereocenters. The fourth-order valence-electron chi connectivity index (χ4n) is 5.53. The van der Waals surface area contributed by atoms with Crippen LogP contribution in [0.3, 0.4) is 0 Å². The van der Waals surface area contributed by atoms with Crippen molar-refractivity contribution in [2.45, 2.75) is 51.2 Å². The summed E-state index contributed by atoms with van der Waals surface area (Å²) in [5.74, 6) is 1.65. The van der Waals surface area contributed by atoms with E-state index in [2.05, 4.69) is 11.8 Å². The highest BCUT2D eigenvalue weighted by Crippen LogP contribution is 2.50. The van der Waals surface area contributed by atoms with Crippen molar-refractivity contribution in [1.82, 2.24) is 4.90 Å². The first kappa shape index (κ1) is 16.8. The van der Waals surface area contributed by atoms with Crippen LogP contribution in [-0.4, -0.2) is 62.5 Å². The lowest BCUT2D eigenvalue weighted by Gasteiger charge is -2.46. The van der Waals surface area contributed by atoms with Crippen molar-refractivity contribution < 1.29 is 19.0 Å². The first-order valence-electron chi connectivity index (χ1n) is 9.86. The molecule has 136 valence electrons. The van der Waals surface area contributed by atoms with Gasteiger partial charge in [0.15, 0.2) is 0 Å². The van der Waals surface area contributed by atoms with E-state index >= 15 is 0 Å². The van der Waals surface area contributed by atoms with Crippen LogP contribution in [0.15, 0.2) is 0 Å². The van der Waals surface area contributed by atoms with E-state index in [4.69, 9.17) is 14.2 Å². The summed E-state index contributed by atoms with van der Waals surface area (Å²) >= 11 is 0. The van der Waals surface area contributed by atoms with Crippen LogP contribution in [0.1, 0.15) is 39.0 Å². The molecule has 2 aliphatic heterocycles. The minimum absolute atomic E-state index is 0.0127. The summed E-state index contributed by atoms with van der Waals surface area (Å²) in [7, 11) is 0. The van der Waals surface area contributed by atoms with Gasteiger partial charge in [0.25, 0.3) is 0 Å². The van der Waals surface area contributed by atoms with E-state index in [1.807, 2.05) is 0 Å². The SMILES string of the molecule is CC1OC(=O)C2CC3CCCCC3C(OCCN3CCOCC3)C12. The zero-order valence-corrected chi connectivity index (χ0v) is 14.8. The number of fused-ring (bicyclic) bond motifs is 2. The predicted octanol–water partition coefficient (Wildman–Crippen LogP) is 2.09. The lowest BCUT2D eigenvalue weighted by atomic mass is 9.61. The largest absolute Gasteiger partial charge is 0.462 e. The summed E-state index contributed by atoms with van der Waals surface area (Å²) < 4.78 is 17.5. The number of rotatable bonds is 4. The Labute approximate surface area is 145 Å². The van der Waals surface area contributed by atoms with Crippen LogP contribution in [-0.2, 0) is 19.0 Å². The molecule has 4 fully saturated rings. The van der Waals surface area contributed by atoms with Crippen molar-refractivity contribution in [2.75, 3.05) is 39.5 Å². The first-order valence-corrected chi connectivity index (χ1v) is 9.86. The molecular weight excluding hydrogens is 306 g/mol. The summed E-state index contributed by atoms with van der Waals surface area (Å²) in [6.07, 6.45) is 6.39. The molecule has 2 saturated carbocycles. The molecule has 0 N–H and O–H groups in total. The van der Waals surface area contributed by atoms with Crippen molar-refractivity contribution in [2.24, 2.45) is 23.7 Å². The molecule has 2 aliphatic carbocycles. The standard InChI is InChI=1S/C19H31NO4/c1-13-17-16(19(21)24-13)12-14-4-2-3-5-15(14)18(17)23-11-8-20-6-9-22-10-7-20/h13-18H,2-12H2,1H3.